The molecule has 0 radical (unpaired) electrons. The summed E-state index contributed by atoms with van der Waals surface area (Å²) in [6, 6.07) is 58.3. The predicted molar refractivity (Wildman–Crippen MR) is 214 cm³/mol. The van der Waals surface area contributed by atoms with E-state index in [1.54, 1.807) is 0 Å². The van der Waals surface area contributed by atoms with Crippen LogP contribution in [0.15, 0.2) is 164 Å². The van der Waals surface area contributed by atoms with Crippen molar-refractivity contribution in [1.82, 2.24) is 15.0 Å². The van der Waals surface area contributed by atoms with Gasteiger partial charge in [-0.2, -0.15) is 0 Å². The molecule has 10 aromatic rings. The minimum atomic E-state index is 0.659. The summed E-state index contributed by atoms with van der Waals surface area (Å²) in [5, 5.41) is 7.60. The Balaban J connectivity index is 1.15. The van der Waals surface area contributed by atoms with Crippen molar-refractivity contribution < 1.29 is 0 Å². The lowest BCUT2D eigenvalue weighted by Crippen LogP contribution is -2.00. The average molecular weight is 666 g/mol. The summed E-state index contributed by atoms with van der Waals surface area (Å²) in [6.45, 7) is 0. The zero-order valence-corrected chi connectivity index (χ0v) is 28.2. The molecule has 8 aromatic carbocycles. The van der Waals surface area contributed by atoms with Crippen LogP contribution in [0.3, 0.4) is 0 Å². The first-order valence-electron chi connectivity index (χ1n) is 17.2. The molecular formula is C47H27N3S. The number of aromatic nitrogens is 3. The van der Waals surface area contributed by atoms with Gasteiger partial charge in [0, 0.05) is 42.2 Å². The van der Waals surface area contributed by atoms with Crippen LogP contribution in [-0.4, -0.2) is 15.0 Å². The Morgan fingerprint density at radius 3 is 1.49 bits per heavy atom. The smallest absolute Gasteiger partial charge is 0.164 e. The summed E-state index contributed by atoms with van der Waals surface area (Å²) in [6.07, 6.45) is 0. The molecule has 2 heterocycles. The van der Waals surface area contributed by atoms with Gasteiger partial charge in [0.05, 0.1) is 0 Å². The highest BCUT2D eigenvalue weighted by atomic mass is 32.1. The van der Waals surface area contributed by atoms with E-state index in [9.17, 15) is 0 Å². The fraction of sp³-hybridized carbons (Fsp3) is 0. The molecule has 3 nitrogen and oxygen atoms in total. The number of hydrogen-bond acceptors (Lipinski definition) is 4. The van der Waals surface area contributed by atoms with Crippen molar-refractivity contribution >= 4 is 53.1 Å². The Morgan fingerprint density at radius 1 is 0.314 bits per heavy atom. The van der Waals surface area contributed by atoms with Crippen LogP contribution in [-0.2, 0) is 0 Å². The molecule has 0 bridgehead atoms. The second-order valence-electron chi connectivity index (χ2n) is 13.1. The van der Waals surface area contributed by atoms with Crippen molar-refractivity contribution in [3.8, 4) is 67.5 Å². The Morgan fingerprint density at radius 2 is 0.804 bits per heavy atom. The maximum atomic E-state index is 5.09. The predicted octanol–water partition coefficient (Wildman–Crippen LogP) is 12.9. The monoisotopic (exact) mass is 665 g/mol. The van der Waals surface area contributed by atoms with E-state index < -0.39 is 0 Å². The largest absolute Gasteiger partial charge is 0.208 e. The van der Waals surface area contributed by atoms with Crippen LogP contribution in [0, 0.1) is 0 Å². The molecule has 11 rings (SSSR count). The lowest BCUT2D eigenvalue weighted by Gasteiger charge is -2.13. The Kier molecular flexibility index (Phi) is 6.12. The number of fused-ring (bicyclic) bond motifs is 8. The van der Waals surface area contributed by atoms with Crippen LogP contribution in [0.2, 0.25) is 0 Å². The molecule has 0 saturated carbocycles. The minimum Gasteiger partial charge on any atom is -0.208 e. The number of nitrogens with zero attached hydrogens (tertiary/aromatic N) is 3. The van der Waals surface area contributed by atoms with Crippen molar-refractivity contribution in [3.63, 3.8) is 0 Å². The number of benzene rings is 8. The molecule has 1 aliphatic rings. The van der Waals surface area contributed by atoms with Gasteiger partial charge in [0.25, 0.3) is 0 Å². The third-order valence-corrected chi connectivity index (χ3v) is 11.5. The number of rotatable bonds is 4. The highest BCUT2D eigenvalue weighted by Crippen LogP contribution is 2.53. The first-order valence-corrected chi connectivity index (χ1v) is 18.0. The Labute approximate surface area is 298 Å². The van der Waals surface area contributed by atoms with Gasteiger partial charge in [0.15, 0.2) is 17.5 Å². The molecule has 0 atom stereocenters. The van der Waals surface area contributed by atoms with Crippen LogP contribution < -0.4 is 0 Å². The van der Waals surface area contributed by atoms with E-state index in [1.165, 1.54) is 69.7 Å². The van der Waals surface area contributed by atoms with Gasteiger partial charge in [0.2, 0.25) is 0 Å². The second-order valence-corrected chi connectivity index (χ2v) is 14.2. The van der Waals surface area contributed by atoms with Gasteiger partial charge in [-0.3, -0.25) is 0 Å². The van der Waals surface area contributed by atoms with E-state index >= 15 is 0 Å². The summed E-state index contributed by atoms with van der Waals surface area (Å²) in [5.74, 6) is 1.98. The lowest BCUT2D eigenvalue weighted by atomic mass is 9.92. The Bertz CT molecular complexity index is 2960. The molecule has 0 amide bonds. The topological polar surface area (TPSA) is 38.7 Å². The van der Waals surface area contributed by atoms with Crippen molar-refractivity contribution in [2.45, 2.75) is 0 Å². The third-order valence-electron chi connectivity index (χ3n) is 10.3. The maximum Gasteiger partial charge on any atom is 0.164 e. The average Bonchev–Trinajstić information content (AvgIpc) is 3.75. The molecule has 4 heteroatoms. The van der Waals surface area contributed by atoms with E-state index in [2.05, 4.69) is 127 Å². The Hall–Kier alpha value is -6.49. The standard InChI is InChI=1S/C47H27N3S/c1-3-13-28(14-4-1)45-48-46(29-15-5-2-6-16-29)50-47(49-45)37-24-10-19-30-32(20-9-21-33(30)37)36-23-12-26-41-43(36)40-27-39-34-18-8-7-17-31(34)35-22-11-25-38(42(35)39)44(40)51-41/h1-27H. The van der Waals surface area contributed by atoms with E-state index in [1.807, 2.05) is 47.7 Å². The van der Waals surface area contributed by atoms with Crippen LogP contribution in [0.5, 0.6) is 0 Å². The van der Waals surface area contributed by atoms with E-state index in [-0.39, 0.29) is 0 Å². The van der Waals surface area contributed by atoms with Gasteiger partial charge in [-0.25, -0.2) is 15.0 Å². The summed E-state index contributed by atoms with van der Waals surface area (Å²) in [4.78, 5) is 15.1. The highest BCUT2D eigenvalue weighted by Gasteiger charge is 2.25. The molecule has 0 unspecified atom stereocenters. The number of hydrogen-bond donors (Lipinski definition) is 0. The molecule has 1 aliphatic carbocycles. The molecule has 2 aromatic heterocycles. The molecule has 0 spiro atoms. The molecule has 0 aliphatic heterocycles. The van der Waals surface area contributed by atoms with Crippen molar-refractivity contribution in [2.24, 2.45) is 0 Å². The first-order chi connectivity index (χ1) is 25.3. The molecule has 0 fully saturated rings. The zero-order chi connectivity index (χ0) is 33.5. The minimum absolute atomic E-state index is 0.659. The fourth-order valence-electron chi connectivity index (χ4n) is 8.04. The van der Waals surface area contributed by atoms with E-state index in [4.69, 9.17) is 15.0 Å². The lowest BCUT2D eigenvalue weighted by molar-refractivity contribution is 1.08. The molecule has 0 saturated heterocycles. The van der Waals surface area contributed by atoms with Crippen LogP contribution in [0.4, 0.5) is 0 Å². The summed E-state index contributed by atoms with van der Waals surface area (Å²) >= 11 is 1.90. The van der Waals surface area contributed by atoms with Gasteiger partial charge < -0.3 is 0 Å². The molecule has 0 N–H and O–H groups in total. The summed E-state index contributed by atoms with van der Waals surface area (Å²) < 4.78 is 2.64. The summed E-state index contributed by atoms with van der Waals surface area (Å²) in [5.41, 5.74) is 10.6. The fourth-order valence-corrected chi connectivity index (χ4v) is 9.28. The zero-order valence-electron chi connectivity index (χ0n) is 27.3. The van der Waals surface area contributed by atoms with Gasteiger partial charge >= 0.3 is 0 Å². The normalized spacial score (nSPS) is 11.9. The second kappa shape index (κ2) is 11.0. The van der Waals surface area contributed by atoms with Crippen molar-refractivity contribution in [3.05, 3.63) is 164 Å². The third kappa shape index (κ3) is 4.27. The van der Waals surface area contributed by atoms with Gasteiger partial charge in [-0.1, -0.05) is 152 Å². The van der Waals surface area contributed by atoms with Gasteiger partial charge in [-0.15, -0.1) is 11.3 Å². The SMILES string of the molecule is c1ccc(-c2nc(-c3ccccc3)nc(-c3cccc4c(-c5cccc6sc7c8cccc9c8c(cc7c56)-c5ccccc5-9)cccc34)n2)cc1. The molecular weight excluding hydrogens is 639 g/mol. The first kappa shape index (κ1) is 28.4. The molecule has 51 heavy (non-hydrogen) atoms. The maximum absolute atomic E-state index is 5.09. The number of thiophene rings is 1. The van der Waals surface area contributed by atoms with Gasteiger partial charge in [-0.05, 0) is 61.7 Å². The van der Waals surface area contributed by atoms with Crippen molar-refractivity contribution in [1.29, 1.82) is 0 Å². The quantitative estimate of drug-likeness (QED) is 0.188. The van der Waals surface area contributed by atoms with Crippen molar-refractivity contribution in [2.75, 3.05) is 0 Å². The van der Waals surface area contributed by atoms with Crippen LogP contribution in [0.25, 0.3) is 109 Å². The van der Waals surface area contributed by atoms with Crippen LogP contribution in [0.1, 0.15) is 0 Å². The molecule has 236 valence electrons. The van der Waals surface area contributed by atoms with Crippen LogP contribution >= 0.6 is 11.3 Å². The van der Waals surface area contributed by atoms with E-state index in [0.29, 0.717) is 17.5 Å². The van der Waals surface area contributed by atoms with E-state index in [0.717, 1.165) is 22.1 Å². The van der Waals surface area contributed by atoms with Gasteiger partial charge in [0.1, 0.15) is 0 Å². The highest BCUT2D eigenvalue weighted by molar-refractivity contribution is 7.26. The summed E-state index contributed by atoms with van der Waals surface area (Å²) in [7, 11) is 0.